The van der Waals surface area contributed by atoms with E-state index in [-0.39, 0.29) is 0 Å². The van der Waals surface area contributed by atoms with Gasteiger partial charge in [-0.15, -0.1) is 0 Å². The highest BCUT2D eigenvalue weighted by Crippen LogP contribution is 2.20. The van der Waals surface area contributed by atoms with Gasteiger partial charge < -0.3 is 14.4 Å². The molecule has 0 radical (unpaired) electrons. The zero-order chi connectivity index (χ0) is 13.4. The molecule has 0 saturated carbocycles. The number of aromatic nitrogens is 2. The highest BCUT2D eigenvalue weighted by atomic mass is 35.5. The fraction of sp³-hybridized carbons (Fsp3) is 0.636. The Morgan fingerprint density at radius 2 is 1.83 bits per heavy atom. The Morgan fingerprint density at radius 1 is 1.22 bits per heavy atom. The van der Waals surface area contributed by atoms with Crippen LogP contribution in [-0.4, -0.2) is 56.7 Å². The van der Waals surface area contributed by atoms with Crippen molar-refractivity contribution in [2.45, 2.75) is 5.16 Å². The van der Waals surface area contributed by atoms with Crippen molar-refractivity contribution in [1.82, 2.24) is 9.97 Å². The maximum Gasteiger partial charge on any atom is 0.190 e. The van der Waals surface area contributed by atoms with Crippen LogP contribution in [-0.2, 0) is 9.47 Å². The van der Waals surface area contributed by atoms with Gasteiger partial charge in [-0.1, -0.05) is 23.4 Å². The second-order valence-corrected chi connectivity index (χ2v) is 4.67. The minimum atomic E-state index is 0.448. The van der Waals surface area contributed by atoms with E-state index in [2.05, 4.69) is 14.9 Å². The quantitative estimate of drug-likeness (QED) is 0.414. The third kappa shape index (κ3) is 4.97. The largest absolute Gasteiger partial charge is 0.383 e. The zero-order valence-corrected chi connectivity index (χ0v) is 12.4. The summed E-state index contributed by atoms with van der Waals surface area (Å²) in [5.41, 5.74) is 0. The van der Waals surface area contributed by atoms with Crippen LogP contribution < -0.4 is 4.90 Å². The lowest BCUT2D eigenvalue weighted by Crippen LogP contribution is -2.31. The maximum absolute atomic E-state index is 5.99. The van der Waals surface area contributed by atoms with Crippen molar-refractivity contribution in [2.24, 2.45) is 0 Å². The summed E-state index contributed by atoms with van der Waals surface area (Å²) in [6.45, 7) is 2.72. The molecule has 0 aliphatic heterocycles. The molecule has 0 atom stereocenters. The van der Waals surface area contributed by atoms with E-state index in [1.807, 2.05) is 6.26 Å². The van der Waals surface area contributed by atoms with Crippen molar-refractivity contribution in [1.29, 1.82) is 0 Å². The molecular weight excluding hydrogens is 274 g/mol. The summed E-state index contributed by atoms with van der Waals surface area (Å²) in [6, 6.07) is 1.76. The van der Waals surface area contributed by atoms with Crippen molar-refractivity contribution < 1.29 is 9.47 Å². The number of nitrogens with zero attached hydrogens (tertiary/aromatic N) is 3. The molecule has 1 heterocycles. The molecule has 1 aromatic heterocycles. The molecule has 0 fully saturated rings. The van der Waals surface area contributed by atoms with Crippen LogP contribution in [0.1, 0.15) is 0 Å². The summed E-state index contributed by atoms with van der Waals surface area (Å²) in [7, 11) is 3.35. The molecule has 0 aromatic carbocycles. The highest BCUT2D eigenvalue weighted by molar-refractivity contribution is 7.98. The van der Waals surface area contributed by atoms with E-state index in [0.717, 1.165) is 18.9 Å². The Hall–Kier alpha value is -0.560. The van der Waals surface area contributed by atoms with Crippen LogP contribution >= 0.6 is 23.4 Å². The van der Waals surface area contributed by atoms with Crippen LogP contribution in [0.4, 0.5) is 5.82 Å². The normalized spacial score (nSPS) is 10.7. The monoisotopic (exact) mass is 291 g/mol. The average Bonchev–Trinajstić information content (AvgIpc) is 2.38. The van der Waals surface area contributed by atoms with Gasteiger partial charge in [0.15, 0.2) is 5.16 Å². The molecule has 1 aromatic rings. The van der Waals surface area contributed by atoms with E-state index in [1.54, 1.807) is 20.3 Å². The van der Waals surface area contributed by atoms with E-state index < -0.39 is 0 Å². The van der Waals surface area contributed by atoms with Crippen molar-refractivity contribution in [3.8, 4) is 0 Å². The van der Waals surface area contributed by atoms with Gasteiger partial charge in [0.1, 0.15) is 11.0 Å². The molecular formula is C11H18ClN3O2S. The molecule has 18 heavy (non-hydrogen) atoms. The lowest BCUT2D eigenvalue weighted by molar-refractivity contribution is 0.190. The second-order valence-electron chi connectivity index (χ2n) is 3.51. The molecule has 5 nitrogen and oxygen atoms in total. The van der Waals surface area contributed by atoms with Crippen LogP contribution in [0.25, 0.3) is 0 Å². The number of methoxy groups -OCH3 is 2. The molecule has 0 bridgehead atoms. The predicted molar refractivity (Wildman–Crippen MR) is 74.8 cm³/mol. The molecule has 102 valence electrons. The van der Waals surface area contributed by atoms with Gasteiger partial charge in [0.2, 0.25) is 0 Å². The molecule has 0 aliphatic carbocycles. The first-order valence-corrected chi connectivity index (χ1v) is 7.13. The molecule has 0 aliphatic rings. The van der Waals surface area contributed by atoms with Crippen LogP contribution in [0.2, 0.25) is 5.15 Å². The van der Waals surface area contributed by atoms with Crippen molar-refractivity contribution in [3.63, 3.8) is 0 Å². The molecule has 1 rings (SSSR count). The Morgan fingerprint density at radius 3 is 2.33 bits per heavy atom. The van der Waals surface area contributed by atoms with E-state index in [1.165, 1.54) is 11.8 Å². The summed E-state index contributed by atoms with van der Waals surface area (Å²) in [5, 5.41) is 1.11. The molecule has 7 heteroatoms. The van der Waals surface area contributed by atoms with Crippen LogP contribution in [0.5, 0.6) is 0 Å². The van der Waals surface area contributed by atoms with E-state index in [4.69, 9.17) is 21.1 Å². The van der Waals surface area contributed by atoms with Gasteiger partial charge in [0.25, 0.3) is 0 Å². The highest BCUT2D eigenvalue weighted by Gasteiger charge is 2.10. The van der Waals surface area contributed by atoms with Gasteiger partial charge in [-0.2, -0.15) is 0 Å². The number of ether oxygens (including phenoxy) is 2. The smallest absolute Gasteiger partial charge is 0.190 e. The first kappa shape index (κ1) is 15.5. The summed E-state index contributed by atoms with van der Waals surface area (Å²) < 4.78 is 10.2. The second kappa shape index (κ2) is 8.53. The Balaban J connectivity index is 2.84. The van der Waals surface area contributed by atoms with Gasteiger partial charge in [-0.3, -0.25) is 0 Å². The van der Waals surface area contributed by atoms with Gasteiger partial charge in [-0.25, -0.2) is 9.97 Å². The maximum atomic E-state index is 5.99. The molecule has 0 N–H and O–H groups in total. The van der Waals surface area contributed by atoms with Crippen LogP contribution in [0.3, 0.4) is 0 Å². The average molecular weight is 292 g/mol. The third-order valence-electron chi connectivity index (χ3n) is 2.30. The summed E-state index contributed by atoms with van der Waals surface area (Å²) in [4.78, 5) is 10.6. The van der Waals surface area contributed by atoms with Crippen LogP contribution in [0, 0.1) is 0 Å². The van der Waals surface area contributed by atoms with Crippen molar-refractivity contribution in [3.05, 3.63) is 11.2 Å². The summed E-state index contributed by atoms with van der Waals surface area (Å²) >= 11 is 7.45. The van der Waals surface area contributed by atoms with Crippen molar-refractivity contribution >= 4 is 29.2 Å². The van der Waals surface area contributed by atoms with Gasteiger partial charge in [0, 0.05) is 33.4 Å². The topological polar surface area (TPSA) is 47.5 Å². The molecule has 0 spiro atoms. The number of anilines is 1. The Kier molecular flexibility index (Phi) is 7.34. The summed E-state index contributed by atoms with van der Waals surface area (Å²) in [6.07, 6.45) is 1.92. The number of thioether (sulfide) groups is 1. The fourth-order valence-electron chi connectivity index (χ4n) is 1.38. The number of rotatable bonds is 8. The first-order chi connectivity index (χ1) is 8.71. The number of halogens is 1. The predicted octanol–water partition coefficient (Wildman–Crippen LogP) is 1.95. The van der Waals surface area contributed by atoms with Crippen molar-refractivity contribution in [2.75, 3.05) is 51.7 Å². The van der Waals surface area contributed by atoms with Crippen LogP contribution in [0.15, 0.2) is 11.2 Å². The minimum absolute atomic E-state index is 0.448. The fourth-order valence-corrected chi connectivity index (χ4v) is 1.98. The van der Waals surface area contributed by atoms with Gasteiger partial charge >= 0.3 is 0 Å². The SMILES string of the molecule is COCCN(CCOC)c1cc(Cl)nc(SC)n1. The standard InChI is InChI=1S/C11H18ClN3O2S/c1-16-6-4-15(5-7-17-2)10-8-9(12)13-11(14-10)18-3/h8H,4-7H2,1-3H3. The molecule has 0 amide bonds. The number of hydrogen-bond acceptors (Lipinski definition) is 6. The zero-order valence-electron chi connectivity index (χ0n) is 10.9. The molecule has 0 saturated heterocycles. The number of hydrogen-bond donors (Lipinski definition) is 0. The summed E-state index contributed by atoms with van der Waals surface area (Å²) in [5.74, 6) is 0.799. The first-order valence-electron chi connectivity index (χ1n) is 5.52. The lowest BCUT2D eigenvalue weighted by Gasteiger charge is -2.23. The van der Waals surface area contributed by atoms with Gasteiger partial charge in [-0.05, 0) is 6.26 Å². The van der Waals surface area contributed by atoms with Gasteiger partial charge in [0.05, 0.1) is 13.2 Å². The Bertz CT molecular complexity index is 360. The van der Waals surface area contributed by atoms with E-state index in [0.29, 0.717) is 23.5 Å². The molecule has 0 unspecified atom stereocenters. The van der Waals surface area contributed by atoms with E-state index >= 15 is 0 Å². The lowest BCUT2D eigenvalue weighted by atomic mass is 10.4. The van der Waals surface area contributed by atoms with E-state index in [9.17, 15) is 0 Å². The Labute approximate surface area is 117 Å². The third-order valence-corrected chi connectivity index (χ3v) is 3.04. The minimum Gasteiger partial charge on any atom is -0.383 e.